The van der Waals surface area contributed by atoms with E-state index in [9.17, 15) is 0 Å². The number of pyridine rings is 1. The summed E-state index contributed by atoms with van der Waals surface area (Å²) < 4.78 is 2.37. The number of rotatable bonds is 1. The smallest absolute Gasteiger partial charge is 0.127 e. The van der Waals surface area contributed by atoms with E-state index in [1.54, 1.807) is 0 Å². The molecule has 2 aromatic heterocycles. The zero-order chi connectivity index (χ0) is 14.3. The summed E-state index contributed by atoms with van der Waals surface area (Å²) in [5.41, 5.74) is 2.20. The first-order chi connectivity index (χ1) is 9.47. The zero-order valence-corrected chi connectivity index (χ0v) is 12.8. The summed E-state index contributed by atoms with van der Waals surface area (Å²) in [6, 6.07) is 2.42. The Kier molecular flexibility index (Phi) is 3.28. The summed E-state index contributed by atoms with van der Waals surface area (Å²) in [5, 5.41) is 3.64. The Balaban J connectivity index is 2.14. The highest BCUT2D eigenvalue weighted by molar-refractivity contribution is 5.75. The van der Waals surface area contributed by atoms with Gasteiger partial charge in [-0.25, -0.2) is 4.98 Å². The van der Waals surface area contributed by atoms with Crippen LogP contribution in [-0.2, 0) is 5.54 Å². The molecule has 2 aromatic rings. The van der Waals surface area contributed by atoms with E-state index in [0.717, 1.165) is 30.2 Å². The van der Waals surface area contributed by atoms with Crippen molar-refractivity contribution < 1.29 is 0 Å². The van der Waals surface area contributed by atoms with Gasteiger partial charge in [-0.1, -0.05) is 6.92 Å². The average Bonchev–Trinajstić information content (AvgIpc) is 2.77. The van der Waals surface area contributed by atoms with Gasteiger partial charge >= 0.3 is 0 Å². The van der Waals surface area contributed by atoms with E-state index in [1.807, 2.05) is 12.4 Å². The van der Waals surface area contributed by atoms with Crippen LogP contribution in [0.4, 0.5) is 0 Å². The molecular weight excluding hydrogens is 248 g/mol. The first-order valence-corrected chi connectivity index (χ1v) is 7.53. The van der Waals surface area contributed by atoms with Crippen molar-refractivity contribution in [2.24, 2.45) is 5.92 Å². The standard InChI is InChI=1S/C16H24N4/c1-11-5-8-18-12(9-11)15-19-13-10-17-7-6-14(13)20(15)16(2,3)4/h6-7,10-12,18H,5,8-9H2,1-4H3. The monoisotopic (exact) mass is 272 g/mol. The van der Waals surface area contributed by atoms with E-state index < -0.39 is 0 Å². The molecule has 0 bridgehead atoms. The van der Waals surface area contributed by atoms with Gasteiger partial charge in [-0.3, -0.25) is 4.98 Å². The molecule has 20 heavy (non-hydrogen) atoms. The minimum Gasteiger partial charge on any atom is -0.321 e. The molecule has 0 saturated carbocycles. The molecule has 1 N–H and O–H groups in total. The molecule has 2 atom stereocenters. The normalized spacial score (nSPS) is 24.2. The van der Waals surface area contributed by atoms with Crippen LogP contribution >= 0.6 is 0 Å². The van der Waals surface area contributed by atoms with E-state index in [-0.39, 0.29) is 5.54 Å². The first kappa shape index (κ1) is 13.6. The quantitative estimate of drug-likeness (QED) is 0.866. The number of hydrogen-bond acceptors (Lipinski definition) is 3. The topological polar surface area (TPSA) is 42.7 Å². The van der Waals surface area contributed by atoms with Crippen LogP contribution in [0.5, 0.6) is 0 Å². The molecule has 1 aliphatic rings. The number of nitrogens with zero attached hydrogens (tertiary/aromatic N) is 3. The van der Waals surface area contributed by atoms with Crippen molar-refractivity contribution in [2.75, 3.05) is 6.54 Å². The van der Waals surface area contributed by atoms with Gasteiger partial charge in [-0.15, -0.1) is 0 Å². The molecular formula is C16H24N4. The molecule has 4 nitrogen and oxygen atoms in total. The Morgan fingerprint density at radius 2 is 2.15 bits per heavy atom. The zero-order valence-electron chi connectivity index (χ0n) is 12.8. The molecule has 4 heteroatoms. The summed E-state index contributed by atoms with van der Waals surface area (Å²) >= 11 is 0. The van der Waals surface area contributed by atoms with Gasteiger partial charge in [0.2, 0.25) is 0 Å². The van der Waals surface area contributed by atoms with Gasteiger partial charge in [0.25, 0.3) is 0 Å². The van der Waals surface area contributed by atoms with Crippen LogP contribution in [0.25, 0.3) is 11.0 Å². The molecule has 108 valence electrons. The number of nitrogens with one attached hydrogen (secondary N) is 1. The number of aromatic nitrogens is 3. The lowest BCUT2D eigenvalue weighted by atomic mass is 9.93. The molecule has 0 spiro atoms. The molecule has 2 unspecified atom stereocenters. The Hall–Kier alpha value is -1.42. The molecule has 0 aromatic carbocycles. The summed E-state index contributed by atoms with van der Waals surface area (Å²) in [6.07, 6.45) is 6.14. The molecule has 1 saturated heterocycles. The predicted molar refractivity (Wildman–Crippen MR) is 81.7 cm³/mol. The SMILES string of the molecule is CC1CCNC(c2nc3cnccc3n2C(C)(C)C)C1. The minimum absolute atomic E-state index is 0.0216. The van der Waals surface area contributed by atoms with Crippen LogP contribution in [0.3, 0.4) is 0 Å². The van der Waals surface area contributed by atoms with Crippen molar-refractivity contribution >= 4 is 11.0 Å². The minimum atomic E-state index is 0.0216. The predicted octanol–water partition coefficient (Wildman–Crippen LogP) is 3.25. The Morgan fingerprint density at radius 3 is 2.85 bits per heavy atom. The molecule has 0 radical (unpaired) electrons. The van der Waals surface area contributed by atoms with Crippen molar-refractivity contribution in [1.29, 1.82) is 0 Å². The van der Waals surface area contributed by atoms with Crippen LogP contribution in [0.1, 0.15) is 52.4 Å². The number of piperidine rings is 1. The maximum absolute atomic E-state index is 4.88. The van der Waals surface area contributed by atoms with E-state index in [4.69, 9.17) is 4.98 Å². The highest BCUT2D eigenvalue weighted by atomic mass is 15.2. The first-order valence-electron chi connectivity index (χ1n) is 7.53. The summed E-state index contributed by atoms with van der Waals surface area (Å²) in [4.78, 5) is 9.09. The molecule has 3 rings (SSSR count). The summed E-state index contributed by atoms with van der Waals surface area (Å²) in [6.45, 7) is 10.1. The lowest BCUT2D eigenvalue weighted by molar-refractivity contribution is 0.291. The van der Waals surface area contributed by atoms with Crippen molar-refractivity contribution in [1.82, 2.24) is 19.9 Å². The second kappa shape index (κ2) is 4.85. The van der Waals surface area contributed by atoms with Crippen LogP contribution in [0.2, 0.25) is 0 Å². The molecule has 1 aliphatic heterocycles. The third-order valence-corrected chi connectivity index (χ3v) is 4.13. The van der Waals surface area contributed by atoms with Gasteiger partial charge < -0.3 is 9.88 Å². The second-order valence-electron chi connectivity index (χ2n) is 6.98. The number of fused-ring (bicyclic) bond motifs is 1. The van der Waals surface area contributed by atoms with Crippen molar-refractivity contribution in [3.63, 3.8) is 0 Å². The maximum Gasteiger partial charge on any atom is 0.127 e. The molecule has 0 aliphatic carbocycles. The third-order valence-electron chi connectivity index (χ3n) is 4.13. The van der Waals surface area contributed by atoms with E-state index in [1.165, 1.54) is 11.9 Å². The summed E-state index contributed by atoms with van der Waals surface area (Å²) in [7, 11) is 0. The molecule has 1 fully saturated rings. The number of hydrogen-bond donors (Lipinski definition) is 1. The lowest BCUT2D eigenvalue weighted by Gasteiger charge is -2.32. The van der Waals surface area contributed by atoms with Crippen LogP contribution in [0.15, 0.2) is 18.5 Å². The largest absolute Gasteiger partial charge is 0.321 e. The highest BCUT2D eigenvalue weighted by Gasteiger charge is 2.29. The van der Waals surface area contributed by atoms with E-state index >= 15 is 0 Å². The van der Waals surface area contributed by atoms with E-state index in [0.29, 0.717) is 6.04 Å². The van der Waals surface area contributed by atoms with Crippen LogP contribution in [-0.4, -0.2) is 21.1 Å². The maximum atomic E-state index is 4.88. The Morgan fingerprint density at radius 1 is 1.35 bits per heavy atom. The van der Waals surface area contributed by atoms with Crippen molar-refractivity contribution in [3.8, 4) is 0 Å². The fraction of sp³-hybridized carbons (Fsp3) is 0.625. The number of imidazole rings is 1. The molecule has 0 amide bonds. The van der Waals surface area contributed by atoms with Gasteiger partial charge in [0.05, 0.1) is 17.8 Å². The lowest BCUT2D eigenvalue weighted by Crippen LogP contribution is -2.35. The van der Waals surface area contributed by atoms with Crippen LogP contribution < -0.4 is 5.32 Å². The van der Waals surface area contributed by atoms with Gasteiger partial charge in [0, 0.05) is 11.7 Å². The van der Waals surface area contributed by atoms with Crippen molar-refractivity contribution in [3.05, 3.63) is 24.3 Å². The van der Waals surface area contributed by atoms with Gasteiger partial charge in [-0.05, 0) is 52.1 Å². The highest BCUT2D eigenvalue weighted by Crippen LogP contribution is 2.32. The van der Waals surface area contributed by atoms with Gasteiger partial charge in [0.1, 0.15) is 11.3 Å². The van der Waals surface area contributed by atoms with Gasteiger partial charge in [-0.2, -0.15) is 0 Å². The molecule has 3 heterocycles. The fourth-order valence-corrected chi connectivity index (χ4v) is 3.19. The Bertz CT molecular complexity index is 608. The van der Waals surface area contributed by atoms with Crippen LogP contribution in [0, 0.1) is 5.92 Å². The second-order valence-corrected chi connectivity index (χ2v) is 6.98. The average molecular weight is 272 g/mol. The Labute approximate surface area is 120 Å². The fourth-order valence-electron chi connectivity index (χ4n) is 3.19. The van der Waals surface area contributed by atoms with Crippen molar-refractivity contribution in [2.45, 2.75) is 52.1 Å². The van der Waals surface area contributed by atoms with Gasteiger partial charge in [0.15, 0.2) is 0 Å². The summed E-state index contributed by atoms with van der Waals surface area (Å²) in [5.74, 6) is 1.92. The third kappa shape index (κ3) is 2.33. The van der Waals surface area contributed by atoms with E-state index in [2.05, 4.69) is 48.6 Å².